The monoisotopic (exact) mass is 261 g/mol. The maximum absolute atomic E-state index is 11.7. The van der Waals surface area contributed by atoms with E-state index in [9.17, 15) is 14.9 Å². The number of carbonyl (C=O) groups excluding carboxylic acids is 1. The maximum atomic E-state index is 11.7. The van der Waals surface area contributed by atoms with E-state index in [1.807, 2.05) is 6.92 Å². The normalized spacial score (nSPS) is 10.2. The van der Waals surface area contributed by atoms with Crippen LogP contribution in [0.5, 0.6) is 0 Å². The number of carbonyl (C=O) groups is 1. The first-order chi connectivity index (χ1) is 7.49. The standard InChI is InChI=1S/C10H9Cl2NO3/c1-2-3-8(14)9-6(11)4-5-7(10(9)12)13(15)16/h4-5H,2-3H2,1H3. The van der Waals surface area contributed by atoms with E-state index >= 15 is 0 Å². The lowest BCUT2D eigenvalue weighted by Gasteiger charge is -2.05. The average molecular weight is 262 g/mol. The smallest absolute Gasteiger partial charge is 0.288 e. The van der Waals surface area contributed by atoms with Gasteiger partial charge in [0, 0.05) is 12.5 Å². The van der Waals surface area contributed by atoms with Crippen molar-refractivity contribution in [2.75, 3.05) is 0 Å². The first kappa shape index (κ1) is 12.9. The van der Waals surface area contributed by atoms with Crippen molar-refractivity contribution in [2.24, 2.45) is 0 Å². The number of benzene rings is 1. The van der Waals surface area contributed by atoms with Gasteiger partial charge in [-0.05, 0) is 12.5 Å². The molecule has 0 unspecified atom stereocenters. The van der Waals surface area contributed by atoms with E-state index in [-0.39, 0.29) is 33.5 Å². The zero-order valence-electron chi connectivity index (χ0n) is 8.50. The minimum absolute atomic E-state index is 0.0411. The highest BCUT2D eigenvalue weighted by Gasteiger charge is 2.22. The largest absolute Gasteiger partial charge is 0.294 e. The molecule has 0 saturated heterocycles. The van der Waals surface area contributed by atoms with Crippen LogP contribution in [0.4, 0.5) is 5.69 Å². The molecule has 4 nitrogen and oxygen atoms in total. The second kappa shape index (κ2) is 5.27. The Kier molecular flexibility index (Phi) is 4.26. The van der Waals surface area contributed by atoms with E-state index in [0.717, 1.165) is 0 Å². The van der Waals surface area contributed by atoms with Crippen LogP contribution in [0.3, 0.4) is 0 Å². The Morgan fingerprint density at radius 2 is 2.06 bits per heavy atom. The third-order valence-corrected chi connectivity index (χ3v) is 2.72. The highest BCUT2D eigenvalue weighted by Crippen LogP contribution is 2.33. The summed E-state index contributed by atoms with van der Waals surface area (Å²) in [6, 6.07) is 2.50. The molecule has 16 heavy (non-hydrogen) atoms. The van der Waals surface area contributed by atoms with Crippen molar-refractivity contribution in [2.45, 2.75) is 19.8 Å². The predicted octanol–water partition coefficient (Wildman–Crippen LogP) is 3.88. The fourth-order valence-corrected chi connectivity index (χ4v) is 1.94. The summed E-state index contributed by atoms with van der Waals surface area (Å²) in [7, 11) is 0. The van der Waals surface area contributed by atoms with Crippen molar-refractivity contribution in [1.29, 1.82) is 0 Å². The van der Waals surface area contributed by atoms with Crippen LogP contribution >= 0.6 is 23.2 Å². The van der Waals surface area contributed by atoms with E-state index in [4.69, 9.17) is 23.2 Å². The molecular weight excluding hydrogens is 253 g/mol. The average Bonchev–Trinajstić information content (AvgIpc) is 2.17. The fraction of sp³-hybridized carbons (Fsp3) is 0.300. The SMILES string of the molecule is CCCC(=O)c1c(Cl)ccc([N+](=O)[O-])c1Cl. The maximum Gasteiger partial charge on any atom is 0.288 e. The Morgan fingerprint density at radius 1 is 1.44 bits per heavy atom. The number of nitro benzene ring substituents is 1. The van der Waals surface area contributed by atoms with Crippen molar-refractivity contribution in [3.05, 3.63) is 37.9 Å². The Labute approximate surface area is 102 Å². The van der Waals surface area contributed by atoms with Crippen molar-refractivity contribution >= 4 is 34.7 Å². The van der Waals surface area contributed by atoms with Gasteiger partial charge >= 0.3 is 0 Å². The van der Waals surface area contributed by atoms with Gasteiger partial charge in [-0.1, -0.05) is 30.1 Å². The topological polar surface area (TPSA) is 60.2 Å². The molecule has 86 valence electrons. The lowest BCUT2D eigenvalue weighted by molar-refractivity contribution is -0.384. The lowest BCUT2D eigenvalue weighted by atomic mass is 10.1. The molecule has 0 spiro atoms. The zero-order chi connectivity index (χ0) is 12.3. The molecule has 0 heterocycles. The van der Waals surface area contributed by atoms with Gasteiger partial charge in [-0.15, -0.1) is 0 Å². The van der Waals surface area contributed by atoms with Crippen LogP contribution in [-0.2, 0) is 0 Å². The van der Waals surface area contributed by atoms with Crippen molar-refractivity contribution in [3.8, 4) is 0 Å². The third-order valence-electron chi connectivity index (χ3n) is 2.02. The van der Waals surface area contributed by atoms with E-state index in [1.54, 1.807) is 0 Å². The Morgan fingerprint density at radius 3 is 2.56 bits per heavy atom. The molecule has 0 atom stereocenters. The van der Waals surface area contributed by atoms with Gasteiger partial charge in [0.05, 0.1) is 15.5 Å². The molecule has 0 aliphatic heterocycles. The van der Waals surface area contributed by atoms with Crippen LogP contribution in [0, 0.1) is 10.1 Å². The first-order valence-corrected chi connectivity index (χ1v) is 5.40. The summed E-state index contributed by atoms with van der Waals surface area (Å²) in [6.45, 7) is 1.83. The molecule has 1 aromatic carbocycles. The van der Waals surface area contributed by atoms with Gasteiger partial charge in [-0.25, -0.2) is 0 Å². The van der Waals surface area contributed by atoms with E-state index < -0.39 is 4.92 Å². The summed E-state index contributed by atoms with van der Waals surface area (Å²) in [5, 5.41) is 10.6. The number of nitrogens with zero attached hydrogens (tertiary/aromatic N) is 1. The molecule has 6 heteroatoms. The number of rotatable bonds is 4. The van der Waals surface area contributed by atoms with Crippen LogP contribution in [-0.4, -0.2) is 10.7 Å². The van der Waals surface area contributed by atoms with E-state index in [1.165, 1.54) is 12.1 Å². The van der Waals surface area contributed by atoms with Crippen LogP contribution in [0.15, 0.2) is 12.1 Å². The van der Waals surface area contributed by atoms with Gasteiger partial charge < -0.3 is 0 Å². The molecule has 0 fully saturated rings. The molecule has 0 N–H and O–H groups in total. The van der Waals surface area contributed by atoms with Crippen LogP contribution in [0.1, 0.15) is 30.1 Å². The summed E-state index contributed by atoms with van der Waals surface area (Å²) in [5.41, 5.74) is -0.259. The number of Topliss-reactive ketones (excluding diaryl/α,β-unsaturated/α-hetero) is 1. The van der Waals surface area contributed by atoms with Gasteiger partial charge in [-0.2, -0.15) is 0 Å². The van der Waals surface area contributed by atoms with Gasteiger partial charge in [0.15, 0.2) is 5.78 Å². The van der Waals surface area contributed by atoms with Gasteiger partial charge in [0.2, 0.25) is 0 Å². The number of ketones is 1. The number of hydrogen-bond donors (Lipinski definition) is 0. The molecule has 0 saturated carbocycles. The molecular formula is C10H9Cl2NO3. The molecule has 0 aliphatic carbocycles. The summed E-state index contributed by atoms with van der Waals surface area (Å²) >= 11 is 11.6. The second-order valence-electron chi connectivity index (χ2n) is 3.19. The highest BCUT2D eigenvalue weighted by molar-refractivity contribution is 6.41. The quantitative estimate of drug-likeness (QED) is 0.470. The first-order valence-electron chi connectivity index (χ1n) is 4.64. The molecule has 0 aliphatic rings. The minimum atomic E-state index is -0.638. The van der Waals surface area contributed by atoms with Crippen molar-refractivity contribution in [1.82, 2.24) is 0 Å². The highest BCUT2D eigenvalue weighted by atomic mass is 35.5. The van der Waals surface area contributed by atoms with Gasteiger partial charge in [0.25, 0.3) is 5.69 Å². The third kappa shape index (κ3) is 2.51. The number of nitro groups is 1. The summed E-state index contributed by atoms with van der Waals surface area (Å²) in [5.74, 6) is -0.277. The number of hydrogen-bond acceptors (Lipinski definition) is 3. The molecule has 0 bridgehead atoms. The molecule has 0 amide bonds. The summed E-state index contributed by atoms with van der Waals surface area (Å²) in [4.78, 5) is 21.7. The summed E-state index contributed by atoms with van der Waals surface area (Å²) < 4.78 is 0. The molecule has 0 radical (unpaired) electrons. The molecule has 1 rings (SSSR count). The Balaban J connectivity index is 3.31. The number of halogens is 2. The summed E-state index contributed by atoms with van der Waals surface area (Å²) in [6.07, 6.45) is 0.898. The Bertz CT molecular complexity index is 446. The predicted molar refractivity (Wildman–Crippen MR) is 62.4 cm³/mol. The van der Waals surface area contributed by atoms with Crippen LogP contribution in [0.2, 0.25) is 10.0 Å². The van der Waals surface area contributed by atoms with Gasteiger partial charge in [0.1, 0.15) is 5.02 Å². The van der Waals surface area contributed by atoms with E-state index in [2.05, 4.69) is 0 Å². The van der Waals surface area contributed by atoms with Crippen molar-refractivity contribution < 1.29 is 9.72 Å². The van der Waals surface area contributed by atoms with Crippen molar-refractivity contribution in [3.63, 3.8) is 0 Å². The molecule has 0 aromatic heterocycles. The second-order valence-corrected chi connectivity index (χ2v) is 3.97. The molecule has 1 aromatic rings. The van der Waals surface area contributed by atoms with E-state index in [0.29, 0.717) is 6.42 Å². The van der Waals surface area contributed by atoms with Crippen LogP contribution in [0.25, 0.3) is 0 Å². The zero-order valence-corrected chi connectivity index (χ0v) is 10.0. The van der Waals surface area contributed by atoms with Crippen LogP contribution < -0.4 is 0 Å². The minimum Gasteiger partial charge on any atom is -0.294 e. The Hall–Kier alpha value is -1.13. The van der Waals surface area contributed by atoms with Gasteiger partial charge in [-0.3, -0.25) is 14.9 Å². The lowest BCUT2D eigenvalue weighted by Crippen LogP contribution is -2.02. The fourth-order valence-electron chi connectivity index (χ4n) is 1.29.